The zero-order valence-electron chi connectivity index (χ0n) is 5.63. The van der Waals surface area contributed by atoms with Crippen LogP contribution in [0, 0.1) is 0 Å². The van der Waals surface area contributed by atoms with E-state index >= 15 is 0 Å². The Balaban J connectivity index is 2.57. The predicted molar refractivity (Wildman–Crippen MR) is 33.6 cm³/mol. The maximum atomic E-state index is 10.8. The third-order valence-corrected chi connectivity index (χ3v) is 1.64. The van der Waals surface area contributed by atoms with Crippen LogP contribution in [0.4, 0.5) is 0 Å². The van der Waals surface area contributed by atoms with E-state index in [9.17, 15) is 9.59 Å². The van der Waals surface area contributed by atoms with Crippen LogP contribution in [-0.4, -0.2) is 28.9 Å². The minimum absolute atomic E-state index is 0.0209. The second kappa shape index (κ2) is 2.38. The van der Waals surface area contributed by atoms with E-state index in [0.29, 0.717) is 0 Å². The number of nitrogens with one attached hydrogen (secondary N) is 1. The van der Waals surface area contributed by atoms with E-state index in [1.54, 1.807) is 6.92 Å². The van der Waals surface area contributed by atoms with Gasteiger partial charge in [-0.3, -0.25) is 14.9 Å². The highest BCUT2D eigenvalue weighted by atomic mass is 16.4. The molecule has 4 heteroatoms. The molecule has 0 aromatic rings. The van der Waals surface area contributed by atoms with Crippen molar-refractivity contribution in [2.75, 3.05) is 0 Å². The third kappa shape index (κ3) is 1.16. The van der Waals surface area contributed by atoms with Crippen LogP contribution in [-0.2, 0) is 9.59 Å². The summed E-state index contributed by atoms with van der Waals surface area (Å²) in [6, 6.07) is -0.955. The minimum Gasteiger partial charge on any atom is -0.480 e. The van der Waals surface area contributed by atoms with Crippen LogP contribution >= 0.6 is 0 Å². The smallest absolute Gasteiger partial charge is 0.321 e. The lowest BCUT2D eigenvalue weighted by Gasteiger charge is -2.02. The van der Waals surface area contributed by atoms with Crippen molar-refractivity contribution in [1.82, 2.24) is 5.32 Å². The zero-order chi connectivity index (χ0) is 7.72. The molecule has 1 saturated heterocycles. The monoisotopic (exact) mass is 143 g/mol. The van der Waals surface area contributed by atoms with E-state index < -0.39 is 12.0 Å². The molecule has 1 aliphatic rings. The van der Waals surface area contributed by atoms with Gasteiger partial charge in [-0.05, 0) is 6.92 Å². The Bertz CT molecular complexity index is 178. The van der Waals surface area contributed by atoms with Gasteiger partial charge in [0.25, 0.3) is 0 Å². The minimum atomic E-state index is -0.947. The van der Waals surface area contributed by atoms with Crippen LogP contribution in [0.25, 0.3) is 0 Å². The highest BCUT2D eigenvalue weighted by Gasteiger charge is 2.32. The number of carboxylic acid groups (broad SMARTS) is 1. The van der Waals surface area contributed by atoms with Crippen LogP contribution in [0.2, 0.25) is 0 Å². The van der Waals surface area contributed by atoms with Crippen LogP contribution in [0.5, 0.6) is 0 Å². The molecule has 2 atom stereocenters. The van der Waals surface area contributed by atoms with Crippen LogP contribution < -0.4 is 5.32 Å². The van der Waals surface area contributed by atoms with Crippen molar-refractivity contribution in [2.24, 2.45) is 0 Å². The second-order valence-electron chi connectivity index (χ2n) is 2.45. The number of rotatable bonds is 1. The number of hydrogen-bond acceptors (Lipinski definition) is 3. The van der Waals surface area contributed by atoms with E-state index in [-0.39, 0.29) is 18.2 Å². The Morgan fingerprint density at radius 3 is 2.60 bits per heavy atom. The van der Waals surface area contributed by atoms with Crippen molar-refractivity contribution in [3.05, 3.63) is 0 Å². The number of hydrogen-bond donors (Lipinski definition) is 2. The SMILES string of the molecule is CC1NC(C(=O)O)CC1=O. The van der Waals surface area contributed by atoms with Crippen molar-refractivity contribution >= 4 is 11.8 Å². The molecule has 2 unspecified atom stereocenters. The van der Waals surface area contributed by atoms with E-state index in [4.69, 9.17) is 5.11 Å². The van der Waals surface area contributed by atoms with Crippen LogP contribution in [0.1, 0.15) is 13.3 Å². The molecule has 1 aliphatic heterocycles. The van der Waals surface area contributed by atoms with Gasteiger partial charge >= 0.3 is 5.97 Å². The Labute approximate surface area is 58.2 Å². The van der Waals surface area contributed by atoms with E-state index in [0.717, 1.165) is 0 Å². The molecule has 1 fully saturated rings. The predicted octanol–water partition coefficient (Wildman–Crippen LogP) is -0.610. The Morgan fingerprint density at radius 2 is 2.40 bits per heavy atom. The van der Waals surface area contributed by atoms with Gasteiger partial charge in [0.15, 0.2) is 5.78 Å². The molecule has 56 valence electrons. The lowest BCUT2D eigenvalue weighted by molar-refractivity contribution is -0.139. The summed E-state index contributed by atoms with van der Waals surface area (Å²) in [7, 11) is 0. The fraction of sp³-hybridized carbons (Fsp3) is 0.667. The number of carboxylic acids is 1. The lowest BCUT2D eigenvalue weighted by Crippen LogP contribution is -2.34. The summed E-state index contributed by atoms with van der Waals surface area (Å²) in [5.41, 5.74) is 0. The molecular formula is C6H9NO3. The van der Waals surface area contributed by atoms with Crippen LogP contribution in [0.15, 0.2) is 0 Å². The first-order valence-electron chi connectivity index (χ1n) is 3.13. The third-order valence-electron chi connectivity index (χ3n) is 1.64. The molecule has 0 spiro atoms. The van der Waals surface area contributed by atoms with Crippen molar-refractivity contribution < 1.29 is 14.7 Å². The zero-order valence-corrected chi connectivity index (χ0v) is 5.63. The molecule has 4 nitrogen and oxygen atoms in total. The molecule has 0 aromatic carbocycles. The van der Waals surface area contributed by atoms with Gasteiger partial charge in [0.1, 0.15) is 6.04 Å². The molecular weight excluding hydrogens is 134 g/mol. The van der Waals surface area contributed by atoms with Crippen molar-refractivity contribution in [2.45, 2.75) is 25.4 Å². The summed E-state index contributed by atoms with van der Waals surface area (Å²) >= 11 is 0. The van der Waals surface area contributed by atoms with Gasteiger partial charge in [0.2, 0.25) is 0 Å². The van der Waals surface area contributed by atoms with Crippen molar-refractivity contribution in [3.8, 4) is 0 Å². The second-order valence-corrected chi connectivity index (χ2v) is 2.45. The fourth-order valence-corrected chi connectivity index (χ4v) is 0.990. The highest BCUT2D eigenvalue weighted by molar-refractivity contribution is 5.92. The molecule has 0 radical (unpaired) electrons. The Kier molecular flexibility index (Phi) is 1.72. The molecule has 0 bridgehead atoms. The summed E-state index contributed by atoms with van der Waals surface area (Å²) in [5.74, 6) is -0.967. The standard InChI is InChI=1S/C6H9NO3/c1-3-5(8)2-4(7-3)6(9)10/h3-4,7H,2H2,1H3,(H,9,10). The van der Waals surface area contributed by atoms with E-state index in [1.807, 2.05) is 0 Å². The van der Waals surface area contributed by atoms with Crippen molar-refractivity contribution in [1.29, 1.82) is 0 Å². The molecule has 2 N–H and O–H groups in total. The number of carbonyl (C=O) groups excluding carboxylic acids is 1. The topological polar surface area (TPSA) is 66.4 Å². The van der Waals surface area contributed by atoms with Gasteiger partial charge in [0.05, 0.1) is 6.04 Å². The molecule has 1 rings (SSSR count). The summed E-state index contributed by atoms with van der Waals surface area (Å²) in [4.78, 5) is 21.0. The lowest BCUT2D eigenvalue weighted by atomic mass is 10.2. The van der Waals surface area contributed by atoms with Crippen LogP contribution in [0.3, 0.4) is 0 Å². The summed E-state index contributed by atoms with van der Waals surface area (Å²) in [6.07, 6.45) is 0.122. The Hall–Kier alpha value is -0.900. The van der Waals surface area contributed by atoms with E-state index in [1.165, 1.54) is 0 Å². The average Bonchev–Trinajstić information content (AvgIpc) is 2.13. The van der Waals surface area contributed by atoms with Gasteiger partial charge in [-0.2, -0.15) is 0 Å². The molecule has 10 heavy (non-hydrogen) atoms. The maximum Gasteiger partial charge on any atom is 0.321 e. The Morgan fingerprint density at radius 1 is 1.80 bits per heavy atom. The van der Waals surface area contributed by atoms with Gasteiger partial charge in [-0.1, -0.05) is 0 Å². The van der Waals surface area contributed by atoms with Gasteiger partial charge in [-0.15, -0.1) is 0 Å². The number of aliphatic carboxylic acids is 1. The highest BCUT2D eigenvalue weighted by Crippen LogP contribution is 2.07. The van der Waals surface area contributed by atoms with Gasteiger partial charge in [-0.25, -0.2) is 0 Å². The largest absolute Gasteiger partial charge is 0.480 e. The van der Waals surface area contributed by atoms with Crippen molar-refractivity contribution in [3.63, 3.8) is 0 Å². The summed E-state index contributed by atoms with van der Waals surface area (Å²) in [6.45, 7) is 1.67. The maximum absolute atomic E-state index is 10.8. The quantitative estimate of drug-likeness (QED) is 0.514. The van der Waals surface area contributed by atoms with E-state index in [2.05, 4.69) is 5.32 Å². The fourth-order valence-electron chi connectivity index (χ4n) is 0.990. The molecule has 0 saturated carbocycles. The normalized spacial score (nSPS) is 32.7. The molecule has 1 heterocycles. The van der Waals surface area contributed by atoms with Gasteiger partial charge in [0, 0.05) is 6.42 Å². The first-order valence-corrected chi connectivity index (χ1v) is 3.13. The average molecular weight is 143 g/mol. The summed E-state index contributed by atoms with van der Waals surface area (Å²) < 4.78 is 0. The molecule has 0 aromatic heterocycles. The number of ketones is 1. The number of Topliss-reactive ketones (excluding diaryl/α,β-unsaturated/α-hetero) is 1. The summed E-state index contributed by atoms with van der Waals surface area (Å²) in [5, 5.41) is 11.1. The molecule has 0 aliphatic carbocycles. The number of carbonyl (C=O) groups is 2. The first kappa shape index (κ1) is 7.21. The molecule has 0 amide bonds. The first-order chi connectivity index (χ1) is 4.61. The van der Waals surface area contributed by atoms with Gasteiger partial charge < -0.3 is 5.11 Å².